The molecule has 0 radical (unpaired) electrons. The van der Waals surface area contributed by atoms with Crippen LogP contribution < -0.4 is 5.43 Å². The first kappa shape index (κ1) is 12.5. The minimum Gasteiger partial charge on any atom is -0.275 e. The molecule has 80 valence electrons. The van der Waals surface area contributed by atoms with Gasteiger partial charge in [-0.25, -0.2) is 0 Å². The molecule has 1 N–H and O–H groups in total. The van der Waals surface area contributed by atoms with Gasteiger partial charge in [-0.2, -0.15) is 15.6 Å². The molecular weight excluding hydrogens is 291 g/mol. The highest BCUT2D eigenvalue weighted by molar-refractivity contribution is 9.10. The Labute approximate surface area is 106 Å². The molecule has 0 amide bonds. The summed E-state index contributed by atoms with van der Waals surface area (Å²) in [4.78, 5) is 0. The number of benzene rings is 1. The number of anilines is 1. The van der Waals surface area contributed by atoms with E-state index in [9.17, 15) is 0 Å². The van der Waals surface area contributed by atoms with Crippen molar-refractivity contribution in [2.24, 2.45) is 5.10 Å². The van der Waals surface area contributed by atoms with Crippen molar-refractivity contribution < 1.29 is 0 Å². The summed E-state index contributed by atoms with van der Waals surface area (Å²) in [6.07, 6.45) is 0. The molecule has 1 aromatic rings. The maximum absolute atomic E-state index is 8.52. The van der Waals surface area contributed by atoms with E-state index in [-0.39, 0.29) is 5.71 Å². The van der Waals surface area contributed by atoms with Gasteiger partial charge in [0.25, 0.3) is 0 Å². The van der Waals surface area contributed by atoms with Crippen molar-refractivity contribution in [3.63, 3.8) is 0 Å². The second-order valence-corrected chi connectivity index (χ2v) is 4.09. The minimum atomic E-state index is -0.244. The Bertz CT molecular complexity index is 509. The molecule has 0 fully saturated rings. The lowest BCUT2D eigenvalue weighted by molar-refractivity contribution is 1.29. The molecule has 0 unspecified atom stereocenters. The van der Waals surface area contributed by atoms with Crippen LogP contribution in [0.1, 0.15) is 5.56 Å². The van der Waals surface area contributed by atoms with E-state index in [4.69, 9.17) is 22.1 Å². The molecule has 16 heavy (non-hydrogen) atoms. The highest BCUT2D eigenvalue weighted by atomic mass is 79.9. The van der Waals surface area contributed by atoms with Crippen molar-refractivity contribution in [3.8, 4) is 12.1 Å². The zero-order valence-electron chi connectivity index (χ0n) is 8.25. The Kier molecular flexibility index (Phi) is 4.30. The quantitative estimate of drug-likeness (QED) is 0.673. The molecule has 0 saturated heterocycles. The summed E-state index contributed by atoms with van der Waals surface area (Å²) in [5.74, 6) is 0. The third-order valence-corrected chi connectivity index (χ3v) is 2.91. The fraction of sp³-hybridized carbons (Fsp3) is 0.100. The average molecular weight is 298 g/mol. The van der Waals surface area contributed by atoms with Crippen LogP contribution in [0.25, 0.3) is 0 Å². The van der Waals surface area contributed by atoms with Gasteiger partial charge in [-0.3, -0.25) is 5.43 Å². The lowest BCUT2D eigenvalue weighted by atomic mass is 10.2. The zero-order valence-corrected chi connectivity index (χ0v) is 10.6. The van der Waals surface area contributed by atoms with E-state index in [1.807, 2.05) is 6.92 Å². The molecule has 0 aromatic heterocycles. The van der Waals surface area contributed by atoms with Gasteiger partial charge in [0.05, 0.1) is 5.69 Å². The van der Waals surface area contributed by atoms with Crippen LogP contribution in [0.15, 0.2) is 21.7 Å². The van der Waals surface area contributed by atoms with Crippen molar-refractivity contribution in [2.45, 2.75) is 6.92 Å². The molecule has 0 aliphatic rings. The molecular formula is C10H6BrClN4. The van der Waals surface area contributed by atoms with Gasteiger partial charge in [0.2, 0.25) is 5.71 Å². The van der Waals surface area contributed by atoms with E-state index in [0.717, 1.165) is 10.0 Å². The number of hydrogen-bond acceptors (Lipinski definition) is 4. The minimum absolute atomic E-state index is 0.244. The summed E-state index contributed by atoms with van der Waals surface area (Å²) >= 11 is 9.25. The maximum Gasteiger partial charge on any atom is 0.237 e. The van der Waals surface area contributed by atoms with Gasteiger partial charge in [0.15, 0.2) is 0 Å². The number of hydrogen-bond donors (Lipinski definition) is 1. The SMILES string of the molecule is Cc1c(Cl)ccc(Br)c1NN=C(C#N)C#N. The number of nitrogens with one attached hydrogen (secondary N) is 1. The van der Waals surface area contributed by atoms with Crippen LogP contribution in [0.3, 0.4) is 0 Å². The number of rotatable bonds is 2. The fourth-order valence-corrected chi connectivity index (χ4v) is 1.65. The summed E-state index contributed by atoms with van der Waals surface area (Å²) < 4.78 is 0.758. The first-order valence-corrected chi connectivity index (χ1v) is 5.35. The van der Waals surface area contributed by atoms with Gasteiger partial charge in [0.1, 0.15) is 12.1 Å². The van der Waals surface area contributed by atoms with E-state index in [1.165, 1.54) is 0 Å². The molecule has 0 atom stereocenters. The van der Waals surface area contributed by atoms with Gasteiger partial charge in [-0.1, -0.05) is 11.6 Å². The van der Waals surface area contributed by atoms with E-state index in [1.54, 1.807) is 24.3 Å². The van der Waals surface area contributed by atoms with Crippen molar-refractivity contribution in [1.29, 1.82) is 10.5 Å². The monoisotopic (exact) mass is 296 g/mol. The van der Waals surface area contributed by atoms with Gasteiger partial charge >= 0.3 is 0 Å². The van der Waals surface area contributed by atoms with E-state index in [2.05, 4.69) is 26.5 Å². The molecule has 0 bridgehead atoms. The molecule has 0 aliphatic carbocycles. The van der Waals surface area contributed by atoms with Crippen LogP contribution in [0.4, 0.5) is 5.69 Å². The van der Waals surface area contributed by atoms with Gasteiger partial charge in [-0.15, -0.1) is 0 Å². The van der Waals surface area contributed by atoms with Gasteiger partial charge < -0.3 is 0 Å². The third-order valence-electron chi connectivity index (χ3n) is 1.84. The standard InChI is InChI=1S/C10H6BrClN4/c1-6-9(12)3-2-8(11)10(6)16-15-7(4-13)5-14/h2-3,16H,1H3. The van der Waals surface area contributed by atoms with Crippen LogP contribution in [0, 0.1) is 29.6 Å². The van der Waals surface area contributed by atoms with Gasteiger partial charge in [0, 0.05) is 9.50 Å². The maximum atomic E-state index is 8.52. The molecule has 0 heterocycles. The van der Waals surface area contributed by atoms with Crippen molar-refractivity contribution >= 4 is 38.9 Å². The number of halogens is 2. The smallest absolute Gasteiger partial charge is 0.237 e. The van der Waals surface area contributed by atoms with Crippen LogP contribution >= 0.6 is 27.5 Å². The Morgan fingerprint density at radius 2 is 2.06 bits per heavy atom. The summed E-state index contributed by atoms with van der Waals surface area (Å²) in [5, 5.41) is 21.3. The van der Waals surface area contributed by atoms with E-state index in [0.29, 0.717) is 10.7 Å². The Balaban J connectivity index is 3.09. The number of hydrazone groups is 1. The largest absolute Gasteiger partial charge is 0.275 e. The van der Waals surface area contributed by atoms with E-state index < -0.39 is 0 Å². The van der Waals surface area contributed by atoms with Crippen LogP contribution in [-0.4, -0.2) is 5.71 Å². The van der Waals surface area contributed by atoms with E-state index >= 15 is 0 Å². The lowest BCUT2D eigenvalue weighted by Gasteiger charge is -2.08. The average Bonchev–Trinajstić information content (AvgIpc) is 2.29. The Morgan fingerprint density at radius 1 is 1.44 bits per heavy atom. The highest BCUT2D eigenvalue weighted by Gasteiger charge is 2.06. The molecule has 0 aliphatic heterocycles. The summed E-state index contributed by atoms with van der Waals surface area (Å²) in [5.41, 5.74) is 3.81. The molecule has 0 saturated carbocycles. The molecule has 1 aromatic carbocycles. The first-order valence-electron chi connectivity index (χ1n) is 4.18. The topological polar surface area (TPSA) is 72.0 Å². The molecule has 0 spiro atoms. The summed E-state index contributed by atoms with van der Waals surface area (Å²) in [6.45, 7) is 1.81. The Hall–Kier alpha value is -1.56. The van der Waals surface area contributed by atoms with Crippen LogP contribution in [0.5, 0.6) is 0 Å². The van der Waals surface area contributed by atoms with Crippen molar-refractivity contribution in [1.82, 2.24) is 0 Å². The molecule has 4 nitrogen and oxygen atoms in total. The summed E-state index contributed by atoms with van der Waals surface area (Å²) in [7, 11) is 0. The zero-order chi connectivity index (χ0) is 12.1. The predicted octanol–water partition coefficient (Wildman–Crippen LogP) is 3.23. The van der Waals surface area contributed by atoms with Crippen molar-refractivity contribution in [2.75, 3.05) is 5.43 Å². The van der Waals surface area contributed by atoms with Crippen LogP contribution in [-0.2, 0) is 0 Å². The molecule has 1 rings (SSSR count). The first-order chi connectivity index (χ1) is 7.60. The predicted molar refractivity (Wildman–Crippen MR) is 66.2 cm³/mol. The highest BCUT2D eigenvalue weighted by Crippen LogP contribution is 2.31. The van der Waals surface area contributed by atoms with Gasteiger partial charge in [-0.05, 0) is 40.5 Å². The fourth-order valence-electron chi connectivity index (χ4n) is 0.977. The molecule has 6 heteroatoms. The lowest BCUT2D eigenvalue weighted by Crippen LogP contribution is -1.99. The normalized spacial score (nSPS) is 8.81. The second kappa shape index (κ2) is 5.50. The van der Waals surface area contributed by atoms with Crippen molar-refractivity contribution in [3.05, 3.63) is 27.2 Å². The third kappa shape index (κ3) is 2.73. The second-order valence-electron chi connectivity index (χ2n) is 2.83. The summed E-state index contributed by atoms with van der Waals surface area (Å²) in [6, 6.07) is 6.80. The van der Waals surface area contributed by atoms with Crippen LogP contribution in [0.2, 0.25) is 5.02 Å². The number of nitrogens with zero attached hydrogens (tertiary/aromatic N) is 3. The Morgan fingerprint density at radius 3 is 2.62 bits per heavy atom. The number of nitriles is 2.